The molecule has 2 N–H and O–H groups in total. The first-order valence-electron chi connectivity index (χ1n) is 9.67. The third-order valence-electron chi connectivity index (χ3n) is 4.90. The molecule has 2 aromatic rings. The van der Waals surface area contributed by atoms with Gasteiger partial charge in [0.15, 0.2) is 5.84 Å². The lowest BCUT2D eigenvalue weighted by molar-refractivity contribution is -0.385. The van der Waals surface area contributed by atoms with Crippen LogP contribution >= 0.6 is 0 Å². The number of esters is 1. The number of nitro groups is 1. The molecule has 3 rings (SSSR count). The maximum absolute atomic E-state index is 13.3. The summed E-state index contributed by atoms with van der Waals surface area (Å²) in [5.41, 5.74) is 1.73. The molecule has 11 heteroatoms. The summed E-state index contributed by atoms with van der Waals surface area (Å²) in [4.78, 5) is 23.0. The number of nitrogens with zero attached hydrogens (tertiary/aromatic N) is 2. The van der Waals surface area contributed by atoms with Gasteiger partial charge in [-0.1, -0.05) is 12.1 Å². The molecule has 0 spiro atoms. The fraction of sp³-hybridized carbons (Fsp3) is 0.238. The van der Waals surface area contributed by atoms with Crippen LogP contribution in [0.4, 0.5) is 17.1 Å². The summed E-state index contributed by atoms with van der Waals surface area (Å²) < 4.78 is 35.5. The van der Waals surface area contributed by atoms with Crippen LogP contribution in [0.1, 0.15) is 25.0 Å². The number of aryl methyl sites for hydroxylation is 1. The second-order valence-corrected chi connectivity index (χ2v) is 8.65. The normalized spacial score (nSPS) is 14.8. The Bertz CT molecular complexity index is 1280. The molecule has 0 unspecified atom stereocenters. The number of ether oxygens (including phenoxy) is 1. The Morgan fingerprint density at radius 3 is 2.34 bits per heavy atom. The summed E-state index contributed by atoms with van der Waals surface area (Å²) in [6.45, 7) is 6.42. The van der Waals surface area contributed by atoms with Crippen LogP contribution < -0.4 is 10.6 Å². The van der Waals surface area contributed by atoms with Gasteiger partial charge in [0.05, 0.1) is 27.8 Å². The van der Waals surface area contributed by atoms with E-state index in [-0.39, 0.29) is 28.6 Å². The first kappa shape index (κ1) is 22.9. The summed E-state index contributed by atoms with van der Waals surface area (Å²) in [5, 5.41) is 17.2. The molecule has 168 valence electrons. The van der Waals surface area contributed by atoms with Gasteiger partial charge < -0.3 is 15.4 Å². The number of hydrogen-bond acceptors (Lipinski definition) is 7. The molecular formula is C21H22N4O6S. The lowest BCUT2D eigenvalue weighted by atomic mass is 10.1. The number of carbonyl (C=O) groups excluding carboxylic acids is 1. The molecule has 0 fully saturated rings. The van der Waals surface area contributed by atoms with Crippen molar-refractivity contribution in [1.82, 2.24) is 0 Å². The highest BCUT2D eigenvalue weighted by Crippen LogP contribution is 2.31. The number of allylic oxidation sites excluding steroid dienone is 1. The van der Waals surface area contributed by atoms with Crippen molar-refractivity contribution in [3.8, 4) is 0 Å². The minimum absolute atomic E-state index is 0.0752. The monoisotopic (exact) mass is 458 g/mol. The fourth-order valence-corrected chi connectivity index (χ4v) is 4.50. The number of anilines is 2. The van der Waals surface area contributed by atoms with E-state index in [9.17, 15) is 23.3 Å². The van der Waals surface area contributed by atoms with Gasteiger partial charge in [-0.3, -0.25) is 10.1 Å². The molecule has 0 amide bonds. The van der Waals surface area contributed by atoms with Gasteiger partial charge in [-0.25, -0.2) is 4.79 Å². The van der Waals surface area contributed by atoms with Crippen molar-refractivity contribution in [1.29, 1.82) is 0 Å². The lowest BCUT2D eigenvalue weighted by Crippen LogP contribution is -2.25. The lowest BCUT2D eigenvalue weighted by Gasteiger charge is -2.13. The number of fused-ring (bicyclic) bond motifs is 1. The molecule has 32 heavy (non-hydrogen) atoms. The van der Waals surface area contributed by atoms with Gasteiger partial charge in [0.2, 0.25) is 0 Å². The van der Waals surface area contributed by atoms with E-state index in [0.29, 0.717) is 28.2 Å². The van der Waals surface area contributed by atoms with E-state index in [1.165, 1.54) is 13.0 Å². The molecule has 10 nitrogen and oxygen atoms in total. The Morgan fingerprint density at radius 1 is 1.12 bits per heavy atom. The number of carbonyl (C=O) groups is 1. The zero-order valence-electron chi connectivity index (χ0n) is 17.9. The summed E-state index contributed by atoms with van der Waals surface area (Å²) >= 11 is 0. The van der Waals surface area contributed by atoms with Crippen molar-refractivity contribution < 1.29 is 22.9 Å². The predicted molar refractivity (Wildman–Crippen MR) is 120 cm³/mol. The highest BCUT2D eigenvalue weighted by atomic mass is 32.2. The van der Waals surface area contributed by atoms with E-state index in [2.05, 4.69) is 15.0 Å². The Labute approximate surface area is 185 Å². The first-order chi connectivity index (χ1) is 15.0. The number of nitrogens with one attached hydrogen (secondary N) is 2. The van der Waals surface area contributed by atoms with E-state index in [1.54, 1.807) is 45.0 Å². The number of amidine groups is 1. The Kier molecular flexibility index (Phi) is 6.30. The second kappa shape index (κ2) is 8.79. The van der Waals surface area contributed by atoms with Gasteiger partial charge in [0, 0.05) is 17.8 Å². The van der Waals surface area contributed by atoms with E-state index in [4.69, 9.17) is 4.74 Å². The third-order valence-corrected chi connectivity index (χ3v) is 6.30. The quantitative estimate of drug-likeness (QED) is 0.393. The molecule has 2 aromatic carbocycles. The van der Waals surface area contributed by atoms with E-state index in [0.717, 1.165) is 6.07 Å². The molecule has 0 saturated carbocycles. The Balaban J connectivity index is 2.24. The summed E-state index contributed by atoms with van der Waals surface area (Å²) in [7, 11) is -4.44. The average molecular weight is 458 g/mol. The average Bonchev–Trinajstić information content (AvgIpc) is 2.84. The standard InChI is InChI=1S/C21H22N4O6S/c1-5-31-21(26)19-14(4)22-16-8-6-7-9-17(16)23-20(19)24-32(29,30)18-11-15(25(27)28)10-12(2)13(18)3/h6-11,22H,5H2,1-4H3,(H,23,24). The number of hydrogen-bond donors (Lipinski definition) is 2. The Morgan fingerprint density at radius 2 is 1.75 bits per heavy atom. The van der Waals surface area contributed by atoms with Crippen molar-refractivity contribution in [2.75, 3.05) is 17.2 Å². The van der Waals surface area contributed by atoms with Crippen LogP contribution in [-0.4, -0.2) is 31.8 Å². The molecule has 0 aromatic heterocycles. The van der Waals surface area contributed by atoms with E-state index in [1.807, 2.05) is 0 Å². The fourth-order valence-electron chi connectivity index (χ4n) is 3.21. The maximum atomic E-state index is 13.3. The smallest absolute Gasteiger partial charge is 0.343 e. The number of nitro benzene ring substituents is 1. The SMILES string of the molecule is CCOC(=O)C1=C(C)Nc2ccccc2N/C1=N/S(=O)(=O)c1cc([N+](=O)[O-])cc(C)c1C. The zero-order chi connectivity index (χ0) is 23.6. The first-order valence-corrected chi connectivity index (χ1v) is 11.1. The van der Waals surface area contributed by atoms with E-state index >= 15 is 0 Å². The predicted octanol–water partition coefficient (Wildman–Crippen LogP) is 3.67. The number of sulfonamides is 1. The number of benzene rings is 2. The molecule has 0 saturated heterocycles. The van der Waals surface area contributed by atoms with Crippen molar-refractivity contribution in [3.05, 3.63) is 68.9 Å². The second-order valence-electron chi connectivity index (χ2n) is 7.07. The van der Waals surface area contributed by atoms with Crippen LogP contribution in [0.3, 0.4) is 0 Å². The highest BCUT2D eigenvalue weighted by molar-refractivity contribution is 7.90. The molecule has 0 atom stereocenters. The van der Waals surface area contributed by atoms with Crippen molar-refractivity contribution in [2.24, 2.45) is 4.40 Å². The molecule has 0 bridgehead atoms. The summed E-state index contributed by atoms with van der Waals surface area (Å²) in [6.07, 6.45) is 0. The van der Waals surface area contributed by atoms with Gasteiger partial charge in [-0.15, -0.1) is 4.40 Å². The summed E-state index contributed by atoms with van der Waals surface area (Å²) in [6, 6.07) is 9.21. The molecule has 1 aliphatic heterocycles. The Hall–Kier alpha value is -3.73. The number of para-hydroxylation sites is 2. The van der Waals surface area contributed by atoms with Gasteiger partial charge >= 0.3 is 5.97 Å². The van der Waals surface area contributed by atoms with Gasteiger partial charge in [0.25, 0.3) is 15.7 Å². The zero-order valence-corrected chi connectivity index (χ0v) is 18.7. The van der Waals surface area contributed by atoms with Crippen LogP contribution in [0.15, 0.2) is 57.0 Å². The van der Waals surface area contributed by atoms with Gasteiger partial charge in [-0.2, -0.15) is 8.42 Å². The molecule has 0 aliphatic carbocycles. The van der Waals surface area contributed by atoms with Crippen molar-refractivity contribution in [2.45, 2.75) is 32.6 Å². The topological polar surface area (TPSA) is 140 Å². The van der Waals surface area contributed by atoms with Crippen LogP contribution in [0.2, 0.25) is 0 Å². The van der Waals surface area contributed by atoms with Crippen LogP contribution in [0.5, 0.6) is 0 Å². The maximum Gasteiger partial charge on any atom is 0.343 e. The molecule has 1 aliphatic rings. The third kappa shape index (κ3) is 4.47. The van der Waals surface area contributed by atoms with Crippen LogP contribution in [0, 0.1) is 24.0 Å². The molecule has 0 radical (unpaired) electrons. The van der Waals surface area contributed by atoms with Gasteiger partial charge in [-0.05, 0) is 51.0 Å². The van der Waals surface area contributed by atoms with Crippen molar-refractivity contribution in [3.63, 3.8) is 0 Å². The highest BCUT2D eigenvalue weighted by Gasteiger charge is 2.29. The van der Waals surface area contributed by atoms with Crippen molar-refractivity contribution >= 4 is 38.9 Å². The number of non-ortho nitro benzene ring substituents is 1. The van der Waals surface area contributed by atoms with E-state index < -0.39 is 20.9 Å². The van der Waals surface area contributed by atoms with Gasteiger partial charge in [0.1, 0.15) is 5.57 Å². The minimum atomic E-state index is -4.44. The van der Waals surface area contributed by atoms with Crippen LogP contribution in [-0.2, 0) is 19.6 Å². The molecule has 1 heterocycles. The van der Waals surface area contributed by atoms with Crippen LogP contribution in [0.25, 0.3) is 0 Å². The number of rotatable bonds is 5. The largest absolute Gasteiger partial charge is 0.462 e. The summed E-state index contributed by atoms with van der Waals surface area (Å²) in [5.74, 6) is -1.01. The molecular weight excluding hydrogens is 436 g/mol. The minimum Gasteiger partial charge on any atom is -0.462 e.